The van der Waals surface area contributed by atoms with Crippen molar-refractivity contribution >= 4 is 18.7 Å². The maximum Gasteiger partial charge on any atom is 0.494 e. The zero-order chi connectivity index (χ0) is 20.4. The molecule has 0 unspecified atom stereocenters. The first kappa shape index (κ1) is 21.8. The van der Waals surface area contributed by atoms with Crippen molar-refractivity contribution in [1.82, 2.24) is 4.90 Å². The topological polar surface area (TPSA) is 48.0 Å². The second-order valence-electron chi connectivity index (χ2n) is 8.83. The van der Waals surface area contributed by atoms with Crippen molar-refractivity contribution in [3.8, 4) is 0 Å². The van der Waals surface area contributed by atoms with Crippen LogP contribution in [-0.2, 0) is 27.0 Å². The molecule has 150 valence electrons. The molecule has 1 aliphatic heterocycles. The molecule has 27 heavy (non-hydrogen) atoms. The highest BCUT2D eigenvalue weighted by atomic mass is 16.6. The van der Waals surface area contributed by atoms with Gasteiger partial charge in [0, 0.05) is 25.3 Å². The van der Waals surface area contributed by atoms with Gasteiger partial charge in [0.15, 0.2) is 0 Å². The van der Waals surface area contributed by atoms with Crippen LogP contribution in [0.3, 0.4) is 0 Å². The van der Waals surface area contributed by atoms with Crippen LogP contribution in [0.15, 0.2) is 12.1 Å². The monoisotopic (exact) mass is 375 g/mol. The number of fused-ring (bicyclic) bond motifs is 1. The Bertz CT molecular complexity index is 657. The summed E-state index contributed by atoms with van der Waals surface area (Å²) in [6.45, 7) is 17.0. The van der Waals surface area contributed by atoms with Crippen molar-refractivity contribution < 1.29 is 18.8 Å². The fourth-order valence-electron chi connectivity index (χ4n) is 3.16. The largest absolute Gasteiger partial charge is 0.494 e. The van der Waals surface area contributed by atoms with Gasteiger partial charge in [-0.15, -0.1) is 0 Å². The van der Waals surface area contributed by atoms with Crippen molar-refractivity contribution in [2.24, 2.45) is 0 Å². The van der Waals surface area contributed by atoms with E-state index in [4.69, 9.17) is 14.0 Å². The molecule has 0 N–H and O–H groups in total. The summed E-state index contributed by atoms with van der Waals surface area (Å²) in [4.78, 5) is 14.2. The van der Waals surface area contributed by atoms with Crippen LogP contribution in [0.2, 0.25) is 0 Å². The van der Waals surface area contributed by atoms with Crippen molar-refractivity contribution in [3.63, 3.8) is 0 Å². The third-order valence-electron chi connectivity index (χ3n) is 4.30. The summed E-state index contributed by atoms with van der Waals surface area (Å²) in [7, 11) is -0.410. The van der Waals surface area contributed by atoms with Crippen LogP contribution in [0.25, 0.3) is 0 Å². The fraction of sp³-hybridized carbons (Fsp3) is 0.667. The smallest absolute Gasteiger partial charge is 0.444 e. The van der Waals surface area contributed by atoms with E-state index in [9.17, 15) is 4.79 Å². The maximum absolute atomic E-state index is 12.5. The molecular weight excluding hydrogens is 341 g/mol. The van der Waals surface area contributed by atoms with E-state index in [0.717, 1.165) is 23.0 Å². The van der Waals surface area contributed by atoms with E-state index < -0.39 is 12.7 Å². The molecule has 6 heteroatoms. The van der Waals surface area contributed by atoms with E-state index in [0.29, 0.717) is 13.1 Å². The molecule has 0 saturated carbocycles. The summed E-state index contributed by atoms with van der Waals surface area (Å²) in [5, 5.41) is 0. The second-order valence-corrected chi connectivity index (χ2v) is 8.83. The lowest BCUT2D eigenvalue weighted by molar-refractivity contribution is 0.0224. The number of carbonyl (C=O) groups is 1. The molecule has 0 bridgehead atoms. The average molecular weight is 375 g/mol. The van der Waals surface area contributed by atoms with Gasteiger partial charge in [-0.05, 0) is 78.4 Å². The minimum absolute atomic E-state index is 0.0578. The van der Waals surface area contributed by atoms with Crippen LogP contribution in [0, 0.1) is 6.92 Å². The summed E-state index contributed by atoms with van der Waals surface area (Å²) < 4.78 is 17.6. The van der Waals surface area contributed by atoms with Crippen molar-refractivity contribution in [1.29, 1.82) is 0 Å². The van der Waals surface area contributed by atoms with Gasteiger partial charge in [-0.3, -0.25) is 0 Å². The van der Waals surface area contributed by atoms with Gasteiger partial charge < -0.3 is 18.9 Å². The van der Waals surface area contributed by atoms with Crippen LogP contribution in [0.1, 0.15) is 65.2 Å². The number of aryl methyl sites for hydroxylation is 1. The maximum atomic E-state index is 12.5. The van der Waals surface area contributed by atoms with Crippen molar-refractivity contribution in [2.45, 2.75) is 86.2 Å². The fourth-order valence-corrected chi connectivity index (χ4v) is 3.16. The van der Waals surface area contributed by atoms with Gasteiger partial charge >= 0.3 is 13.2 Å². The van der Waals surface area contributed by atoms with Crippen LogP contribution < -0.4 is 5.46 Å². The number of hydrogen-bond acceptors (Lipinski definition) is 4. The molecule has 5 nitrogen and oxygen atoms in total. The molecule has 1 heterocycles. The van der Waals surface area contributed by atoms with Gasteiger partial charge in [-0.2, -0.15) is 0 Å². The summed E-state index contributed by atoms with van der Waals surface area (Å²) >= 11 is 0. The standard InChI is InChI=1S/C21H34BNO4/c1-14(2)26-22(27-15(3)4)19-12-18-13-23(20(24)25-21(6,7)8)10-9-17(18)11-16(19)5/h11-12,14-15H,9-10,13H2,1-8H3. The van der Waals surface area contributed by atoms with Crippen LogP contribution in [0.4, 0.5) is 4.79 Å². The Morgan fingerprint density at radius 3 is 2.19 bits per heavy atom. The van der Waals surface area contributed by atoms with Crippen LogP contribution >= 0.6 is 0 Å². The number of benzene rings is 1. The highest BCUT2D eigenvalue weighted by molar-refractivity contribution is 6.62. The normalized spacial score (nSPS) is 14.5. The second kappa shape index (κ2) is 8.66. The lowest BCUT2D eigenvalue weighted by Gasteiger charge is -2.32. The van der Waals surface area contributed by atoms with E-state index in [1.807, 2.05) is 48.5 Å². The van der Waals surface area contributed by atoms with E-state index in [-0.39, 0.29) is 18.3 Å². The summed E-state index contributed by atoms with van der Waals surface area (Å²) in [6, 6.07) is 4.34. The Morgan fingerprint density at radius 2 is 1.67 bits per heavy atom. The molecule has 0 radical (unpaired) electrons. The SMILES string of the molecule is Cc1cc2c(cc1B(OC(C)C)OC(C)C)CN(C(=O)OC(C)(C)C)CC2. The molecule has 1 amide bonds. The molecular formula is C21H34BNO4. The number of rotatable bonds is 5. The minimum atomic E-state index is -0.489. The Kier molecular flexibility index (Phi) is 6.98. The van der Waals surface area contributed by atoms with Gasteiger partial charge in [0.2, 0.25) is 0 Å². The van der Waals surface area contributed by atoms with Gasteiger partial charge in [0.05, 0.1) is 0 Å². The quantitative estimate of drug-likeness (QED) is 0.734. The van der Waals surface area contributed by atoms with E-state index in [1.165, 1.54) is 5.56 Å². The predicted octanol–water partition coefficient (Wildman–Crippen LogP) is 3.83. The average Bonchev–Trinajstić information content (AvgIpc) is 2.50. The minimum Gasteiger partial charge on any atom is -0.444 e. The molecule has 1 aromatic carbocycles. The lowest BCUT2D eigenvalue weighted by atomic mass is 9.73. The third kappa shape index (κ3) is 6.25. The highest BCUT2D eigenvalue weighted by Gasteiger charge is 2.30. The molecule has 0 saturated heterocycles. The Labute approximate surface area is 164 Å². The van der Waals surface area contributed by atoms with Crippen molar-refractivity contribution in [2.75, 3.05) is 6.54 Å². The number of ether oxygens (including phenoxy) is 1. The Balaban J connectivity index is 2.27. The van der Waals surface area contributed by atoms with Crippen LogP contribution in [-0.4, -0.2) is 42.5 Å². The molecule has 0 aliphatic carbocycles. The number of nitrogens with zero attached hydrogens (tertiary/aromatic N) is 1. The van der Waals surface area contributed by atoms with Gasteiger partial charge in [0.1, 0.15) is 5.60 Å². The highest BCUT2D eigenvalue weighted by Crippen LogP contribution is 2.22. The summed E-state index contributed by atoms with van der Waals surface area (Å²) in [6.07, 6.45) is 0.685. The predicted molar refractivity (Wildman–Crippen MR) is 109 cm³/mol. The van der Waals surface area contributed by atoms with E-state index in [2.05, 4.69) is 19.1 Å². The van der Waals surface area contributed by atoms with E-state index in [1.54, 1.807) is 4.90 Å². The Hall–Kier alpha value is -1.53. The van der Waals surface area contributed by atoms with E-state index >= 15 is 0 Å². The summed E-state index contributed by atoms with van der Waals surface area (Å²) in [5.74, 6) is 0. The van der Waals surface area contributed by atoms with Gasteiger partial charge in [-0.1, -0.05) is 17.7 Å². The summed E-state index contributed by atoms with van der Waals surface area (Å²) in [5.41, 5.74) is 4.12. The molecule has 0 atom stereocenters. The van der Waals surface area contributed by atoms with Gasteiger partial charge in [-0.25, -0.2) is 4.79 Å². The lowest BCUT2D eigenvalue weighted by Crippen LogP contribution is -2.44. The molecule has 1 aromatic rings. The Morgan fingerprint density at radius 1 is 1.07 bits per heavy atom. The zero-order valence-electron chi connectivity index (χ0n) is 18.1. The molecule has 0 aromatic heterocycles. The number of hydrogen-bond donors (Lipinski definition) is 0. The number of amides is 1. The third-order valence-corrected chi connectivity index (χ3v) is 4.30. The molecule has 0 fully saturated rings. The van der Waals surface area contributed by atoms with Crippen molar-refractivity contribution in [3.05, 3.63) is 28.8 Å². The van der Waals surface area contributed by atoms with Crippen LogP contribution in [0.5, 0.6) is 0 Å². The molecule has 0 spiro atoms. The first-order valence-electron chi connectivity index (χ1n) is 9.87. The molecule has 2 rings (SSSR count). The zero-order valence-corrected chi connectivity index (χ0v) is 18.1. The molecule has 1 aliphatic rings. The van der Waals surface area contributed by atoms with Gasteiger partial charge in [0.25, 0.3) is 0 Å². The first-order chi connectivity index (χ1) is 12.5. The number of carbonyl (C=O) groups excluding carboxylic acids is 1. The first-order valence-corrected chi connectivity index (χ1v) is 9.87.